The molecule has 0 radical (unpaired) electrons. The van der Waals surface area contributed by atoms with Gasteiger partial charge in [-0.15, -0.1) is 0 Å². The van der Waals surface area contributed by atoms with E-state index in [1.54, 1.807) is 0 Å². The standard InChI is InChI=1S/C15H30S/c1-3-14-9-5-7-13(8-6-12-16)10-11-15(14)4-2/h13-16H,3-12H2,1-2H3/t13?,14-,15?/m1/s1. The van der Waals surface area contributed by atoms with Crippen LogP contribution in [-0.4, -0.2) is 5.75 Å². The highest BCUT2D eigenvalue weighted by atomic mass is 32.1. The van der Waals surface area contributed by atoms with Gasteiger partial charge in [0, 0.05) is 0 Å². The number of thiol groups is 1. The summed E-state index contributed by atoms with van der Waals surface area (Å²) < 4.78 is 0. The number of hydrogen-bond acceptors (Lipinski definition) is 1. The van der Waals surface area contributed by atoms with Gasteiger partial charge in [0.25, 0.3) is 0 Å². The fourth-order valence-electron chi connectivity index (χ4n) is 3.48. The van der Waals surface area contributed by atoms with Crippen molar-refractivity contribution >= 4 is 12.6 Å². The topological polar surface area (TPSA) is 0 Å². The third-order valence-corrected chi connectivity index (χ3v) is 4.94. The average Bonchev–Trinajstić information content (AvgIpc) is 2.28. The Morgan fingerprint density at radius 1 is 0.938 bits per heavy atom. The van der Waals surface area contributed by atoms with Crippen LogP contribution in [-0.2, 0) is 0 Å². The molecule has 0 aromatic rings. The molecule has 1 fully saturated rings. The van der Waals surface area contributed by atoms with Gasteiger partial charge in [0.05, 0.1) is 0 Å². The van der Waals surface area contributed by atoms with Crippen LogP contribution in [0.1, 0.15) is 71.6 Å². The largest absolute Gasteiger partial charge is 0.179 e. The summed E-state index contributed by atoms with van der Waals surface area (Å²) in [5, 5.41) is 0. The van der Waals surface area contributed by atoms with Crippen molar-refractivity contribution in [3.8, 4) is 0 Å². The highest BCUT2D eigenvalue weighted by molar-refractivity contribution is 7.80. The predicted octanol–water partition coefficient (Wildman–Crippen LogP) is 5.33. The van der Waals surface area contributed by atoms with Crippen molar-refractivity contribution in [1.29, 1.82) is 0 Å². The van der Waals surface area contributed by atoms with E-state index in [9.17, 15) is 0 Å². The molecule has 1 aliphatic rings. The predicted molar refractivity (Wildman–Crippen MR) is 77.2 cm³/mol. The summed E-state index contributed by atoms with van der Waals surface area (Å²) in [4.78, 5) is 0. The van der Waals surface area contributed by atoms with Crippen molar-refractivity contribution in [1.82, 2.24) is 0 Å². The number of hydrogen-bond donors (Lipinski definition) is 1. The first-order valence-corrected chi connectivity index (χ1v) is 8.05. The normalized spacial score (nSPS) is 32.1. The van der Waals surface area contributed by atoms with E-state index in [0.29, 0.717) is 0 Å². The molecule has 0 nitrogen and oxygen atoms in total. The van der Waals surface area contributed by atoms with Gasteiger partial charge in [-0.2, -0.15) is 12.6 Å². The smallest absolute Gasteiger partial charge is 0.00978 e. The Balaban J connectivity index is 2.38. The van der Waals surface area contributed by atoms with Gasteiger partial charge in [0.15, 0.2) is 0 Å². The van der Waals surface area contributed by atoms with Crippen molar-refractivity contribution in [3.63, 3.8) is 0 Å². The first-order valence-electron chi connectivity index (χ1n) is 7.42. The number of rotatable bonds is 5. The fourth-order valence-corrected chi connectivity index (χ4v) is 3.66. The van der Waals surface area contributed by atoms with E-state index >= 15 is 0 Å². The average molecular weight is 242 g/mol. The van der Waals surface area contributed by atoms with E-state index in [1.807, 2.05) is 0 Å². The quantitative estimate of drug-likeness (QED) is 0.619. The Hall–Kier alpha value is 0.350. The molecule has 0 spiro atoms. The first kappa shape index (κ1) is 14.4. The van der Waals surface area contributed by atoms with Crippen LogP contribution < -0.4 is 0 Å². The van der Waals surface area contributed by atoms with Crippen LogP contribution in [0.25, 0.3) is 0 Å². The van der Waals surface area contributed by atoms with Crippen LogP contribution in [0.5, 0.6) is 0 Å². The van der Waals surface area contributed by atoms with Crippen LogP contribution in [0.15, 0.2) is 0 Å². The first-order chi connectivity index (χ1) is 7.81. The Morgan fingerprint density at radius 2 is 1.62 bits per heavy atom. The van der Waals surface area contributed by atoms with Crippen LogP contribution in [0, 0.1) is 17.8 Å². The van der Waals surface area contributed by atoms with Crippen molar-refractivity contribution in [2.24, 2.45) is 17.8 Å². The lowest BCUT2D eigenvalue weighted by Crippen LogP contribution is -2.18. The maximum Gasteiger partial charge on any atom is -0.00978 e. The molecule has 0 aromatic heterocycles. The lowest BCUT2D eigenvalue weighted by molar-refractivity contribution is 0.213. The van der Waals surface area contributed by atoms with Crippen molar-refractivity contribution in [2.45, 2.75) is 71.6 Å². The Bertz CT molecular complexity index is 167. The van der Waals surface area contributed by atoms with Gasteiger partial charge in [-0.05, 0) is 42.8 Å². The van der Waals surface area contributed by atoms with Crippen LogP contribution in [0.3, 0.4) is 0 Å². The van der Waals surface area contributed by atoms with E-state index in [1.165, 1.54) is 57.8 Å². The third-order valence-electron chi connectivity index (χ3n) is 4.62. The minimum absolute atomic E-state index is 1.01. The third kappa shape index (κ3) is 4.69. The van der Waals surface area contributed by atoms with Crippen molar-refractivity contribution in [2.75, 3.05) is 5.75 Å². The van der Waals surface area contributed by atoms with E-state index in [0.717, 1.165) is 23.5 Å². The summed E-state index contributed by atoms with van der Waals surface area (Å²) in [5.74, 6) is 4.13. The monoisotopic (exact) mass is 242 g/mol. The Morgan fingerprint density at radius 3 is 2.25 bits per heavy atom. The van der Waals surface area contributed by atoms with Gasteiger partial charge in [-0.25, -0.2) is 0 Å². The summed E-state index contributed by atoms with van der Waals surface area (Å²) in [6.07, 6.45) is 13.0. The van der Waals surface area contributed by atoms with Gasteiger partial charge in [-0.1, -0.05) is 52.4 Å². The highest BCUT2D eigenvalue weighted by Gasteiger charge is 2.22. The zero-order chi connectivity index (χ0) is 11.8. The van der Waals surface area contributed by atoms with Gasteiger partial charge in [0.2, 0.25) is 0 Å². The van der Waals surface area contributed by atoms with Gasteiger partial charge in [0.1, 0.15) is 0 Å². The Labute approximate surface area is 108 Å². The second-order valence-corrected chi connectivity index (χ2v) is 6.02. The second-order valence-electron chi connectivity index (χ2n) is 5.58. The summed E-state index contributed by atoms with van der Waals surface area (Å²) in [6.45, 7) is 4.77. The highest BCUT2D eigenvalue weighted by Crippen LogP contribution is 2.35. The van der Waals surface area contributed by atoms with E-state index in [4.69, 9.17) is 0 Å². The molecule has 0 N–H and O–H groups in total. The molecule has 3 atom stereocenters. The van der Waals surface area contributed by atoms with Crippen LogP contribution in [0.2, 0.25) is 0 Å². The van der Waals surface area contributed by atoms with E-state index < -0.39 is 0 Å². The molecular weight excluding hydrogens is 212 g/mol. The maximum absolute atomic E-state index is 4.33. The molecule has 0 heterocycles. The van der Waals surface area contributed by atoms with Gasteiger partial charge >= 0.3 is 0 Å². The van der Waals surface area contributed by atoms with Crippen molar-refractivity contribution in [3.05, 3.63) is 0 Å². The fraction of sp³-hybridized carbons (Fsp3) is 1.00. The summed E-state index contributed by atoms with van der Waals surface area (Å²) in [7, 11) is 0. The van der Waals surface area contributed by atoms with Crippen LogP contribution >= 0.6 is 12.6 Å². The lowest BCUT2D eigenvalue weighted by Gasteiger charge is -2.30. The van der Waals surface area contributed by atoms with E-state index in [2.05, 4.69) is 26.5 Å². The minimum atomic E-state index is 1.01. The zero-order valence-electron chi connectivity index (χ0n) is 11.3. The minimum Gasteiger partial charge on any atom is -0.179 e. The lowest BCUT2D eigenvalue weighted by atomic mass is 9.75. The molecule has 0 aromatic carbocycles. The van der Waals surface area contributed by atoms with E-state index in [-0.39, 0.29) is 0 Å². The molecule has 1 rings (SSSR count). The molecule has 0 saturated heterocycles. The molecule has 0 amide bonds. The Kier molecular flexibility index (Phi) is 7.60. The summed E-state index contributed by atoms with van der Waals surface area (Å²) in [5.41, 5.74) is 0. The molecule has 96 valence electrons. The zero-order valence-corrected chi connectivity index (χ0v) is 12.1. The van der Waals surface area contributed by atoms with Gasteiger partial charge in [-0.3, -0.25) is 0 Å². The molecule has 0 bridgehead atoms. The molecule has 1 aliphatic carbocycles. The summed E-state index contributed by atoms with van der Waals surface area (Å²) >= 11 is 4.33. The SMILES string of the molecule is CCC1CCC(CCCS)CCC[C@H]1CC. The molecular formula is C15H30S. The second kappa shape index (κ2) is 8.44. The maximum atomic E-state index is 4.33. The molecule has 2 unspecified atom stereocenters. The van der Waals surface area contributed by atoms with Gasteiger partial charge < -0.3 is 0 Å². The molecule has 16 heavy (non-hydrogen) atoms. The molecule has 0 aliphatic heterocycles. The molecule has 1 saturated carbocycles. The summed E-state index contributed by atoms with van der Waals surface area (Å²) in [6, 6.07) is 0. The molecule has 1 heteroatoms. The van der Waals surface area contributed by atoms with Crippen molar-refractivity contribution < 1.29 is 0 Å². The van der Waals surface area contributed by atoms with Crippen LogP contribution in [0.4, 0.5) is 0 Å².